The molecule has 1 rings (SSSR count). The number of benzene rings is 1. The van der Waals surface area contributed by atoms with Crippen molar-refractivity contribution in [3.8, 4) is 0 Å². The summed E-state index contributed by atoms with van der Waals surface area (Å²) in [5.41, 5.74) is 2.94. The second-order valence-corrected chi connectivity index (χ2v) is 2.79. The van der Waals surface area contributed by atoms with Crippen molar-refractivity contribution in [2.24, 2.45) is 0 Å². The highest BCUT2D eigenvalue weighted by Crippen LogP contribution is 2.10. The third-order valence-electron chi connectivity index (χ3n) is 1.78. The van der Waals surface area contributed by atoms with Crippen molar-refractivity contribution in [2.45, 2.75) is 33.6 Å². The van der Waals surface area contributed by atoms with Gasteiger partial charge in [0.2, 0.25) is 0 Å². The van der Waals surface area contributed by atoms with Gasteiger partial charge in [-0.2, -0.15) is 0 Å². The van der Waals surface area contributed by atoms with Crippen LogP contribution >= 0.6 is 0 Å². The molecule has 60 valence electrons. The van der Waals surface area contributed by atoms with Crippen LogP contribution in [0.3, 0.4) is 0 Å². The molecule has 0 radical (unpaired) electrons. The van der Waals surface area contributed by atoms with Crippen LogP contribution in [0.25, 0.3) is 0 Å². The largest absolute Gasteiger partial charge is 0.0629 e. The third-order valence-corrected chi connectivity index (χ3v) is 1.78. The van der Waals surface area contributed by atoms with Crippen molar-refractivity contribution < 1.29 is 2.74 Å². The summed E-state index contributed by atoms with van der Waals surface area (Å²) in [5.74, 6) is 0. The molecule has 11 heavy (non-hydrogen) atoms. The van der Waals surface area contributed by atoms with E-state index in [4.69, 9.17) is 2.74 Å². The maximum absolute atomic E-state index is 7.86. The molecule has 0 fully saturated rings. The molecule has 0 aromatic heterocycles. The smallest absolute Gasteiger partial charge is 0.0613 e. The van der Waals surface area contributed by atoms with E-state index < -0.39 is 0 Å². The first-order valence-electron chi connectivity index (χ1n) is 5.20. The van der Waals surface area contributed by atoms with Crippen LogP contribution in [0, 0.1) is 6.92 Å². The first-order chi connectivity index (χ1) is 6.11. The second-order valence-electron chi connectivity index (χ2n) is 2.79. The summed E-state index contributed by atoms with van der Waals surface area (Å²) in [4.78, 5) is 0. The first kappa shape index (κ1) is 5.82. The fourth-order valence-corrected chi connectivity index (χ4v) is 1.16. The number of hydrogen-bond donors (Lipinski definition) is 0. The van der Waals surface area contributed by atoms with Crippen molar-refractivity contribution in [1.82, 2.24) is 0 Å². The monoisotopic (exact) mass is 150 g/mol. The molecule has 0 bridgehead atoms. The van der Waals surface area contributed by atoms with Crippen molar-refractivity contribution in [1.29, 1.82) is 0 Å². The Hall–Kier alpha value is -0.780. The molecule has 0 N–H and O–H groups in total. The molecule has 1 aromatic rings. The standard InChI is InChI=1S/C11H16/c1-4-10-6-9(3)7-11(5-2)8-10/h6-8H,4-5H2,1-3H3/i6D,8D. The molecule has 0 saturated heterocycles. The summed E-state index contributed by atoms with van der Waals surface area (Å²) in [6, 6.07) is 3.08. The normalized spacial score (nSPS) is 12.6. The van der Waals surface area contributed by atoms with Gasteiger partial charge >= 0.3 is 0 Å². The lowest BCUT2D eigenvalue weighted by atomic mass is 10.0. The average molecular weight is 150 g/mol. The van der Waals surface area contributed by atoms with Gasteiger partial charge in [-0.3, -0.25) is 0 Å². The molecule has 0 heterocycles. The molecule has 0 heteroatoms. The maximum Gasteiger partial charge on any atom is 0.0629 e. The quantitative estimate of drug-likeness (QED) is 0.607. The minimum atomic E-state index is 0.546. The average Bonchev–Trinajstić information content (AvgIpc) is 2.12. The molecule has 0 amide bonds. The van der Waals surface area contributed by atoms with Gasteiger partial charge in [0.1, 0.15) is 0 Å². The molecule has 0 spiro atoms. The van der Waals surface area contributed by atoms with E-state index in [0.29, 0.717) is 12.1 Å². The lowest BCUT2D eigenvalue weighted by molar-refractivity contribution is 1.08. The Morgan fingerprint density at radius 3 is 2.36 bits per heavy atom. The highest BCUT2D eigenvalue weighted by Gasteiger charge is 1.94. The molecule has 0 aliphatic heterocycles. The summed E-state index contributed by atoms with van der Waals surface area (Å²) < 4.78 is 15.7. The van der Waals surface area contributed by atoms with E-state index in [2.05, 4.69) is 6.92 Å². The Morgan fingerprint density at radius 2 is 1.82 bits per heavy atom. The van der Waals surface area contributed by atoms with Crippen molar-refractivity contribution >= 4 is 0 Å². The lowest BCUT2D eigenvalue weighted by Gasteiger charge is -2.02. The predicted molar refractivity (Wildman–Crippen MR) is 49.9 cm³/mol. The minimum absolute atomic E-state index is 0.546. The molecular formula is C11H16. The summed E-state index contributed by atoms with van der Waals surface area (Å²) in [6.45, 7) is 6.00. The Labute approximate surface area is 72.1 Å². The van der Waals surface area contributed by atoms with Crippen LogP contribution in [0.2, 0.25) is 0 Å². The van der Waals surface area contributed by atoms with Crippen molar-refractivity contribution in [3.63, 3.8) is 0 Å². The van der Waals surface area contributed by atoms with Crippen LogP contribution in [0.5, 0.6) is 0 Å². The van der Waals surface area contributed by atoms with Gasteiger partial charge in [0.25, 0.3) is 0 Å². The van der Waals surface area contributed by atoms with Gasteiger partial charge in [-0.15, -0.1) is 0 Å². The number of rotatable bonds is 2. The zero-order valence-electron chi connectivity index (χ0n) is 9.49. The molecule has 0 saturated carbocycles. The molecule has 0 nitrogen and oxygen atoms in total. The lowest BCUT2D eigenvalue weighted by Crippen LogP contribution is -1.87. The fraction of sp³-hybridized carbons (Fsp3) is 0.455. The summed E-state index contributed by atoms with van der Waals surface area (Å²) in [5, 5.41) is 0. The minimum Gasteiger partial charge on any atom is -0.0613 e. The molecule has 0 atom stereocenters. The van der Waals surface area contributed by atoms with Crippen LogP contribution in [0.4, 0.5) is 0 Å². The molecule has 0 aliphatic rings. The van der Waals surface area contributed by atoms with E-state index in [0.717, 1.165) is 29.5 Å². The van der Waals surface area contributed by atoms with E-state index in [1.807, 2.05) is 19.9 Å². The Bertz CT molecular complexity index is 316. The summed E-state index contributed by atoms with van der Waals surface area (Å²) in [7, 11) is 0. The molecular weight excluding hydrogens is 132 g/mol. The van der Waals surface area contributed by atoms with Gasteiger partial charge in [-0.25, -0.2) is 0 Å². The maximum atomic E-state index is 7.86. The van der Waals surface area contributed by atoms with Crippen LogP contribution in [-0.4, -0.2) is 0 Å². The van der Waals surface area contributed by atoms with Crippen LogP contribution < -0.4 is 0 Å². The van der Waals surface area contributed by atoms with E-state index in [1.165, 1.54) is 0 Å². The van der Waals surface area contributed by atoms with Gasteiger partial charge in [-0.05, 0) is 30.9 Å². The van der Waals surface area contributed by atoms with Crippen molar-refractivity contribution in [3.05, 3.63) is 34.8 Å². The SMILES string of the molecule is [2H]c1c(C)cc(CC)c([2H])c1CC. The van der Waals surface area contributed by atoms with Gasteiger partial charge in [0, 0.05) is 0 Å². The van der Waals surface area contributed by atoms with E-state index >= 15 is 0 Å². The van der Waals surface area contributed by atoms with Gasteiger partial charge in [-0.1, -0.05) is 37.6 Å². The third kappa shape index (κ3) is 2.07. The molecule has 0 aliphatic carbocycles. The zero-order valence-corrected chi connectivity index (χ0v) is 7.49. The summed E-state index contributed by atoms with van der Waals surface area (Å²) >= 11 is 0. The van der Waals surface area contributed by atoms with Crippen LogP contribution in [-0.2, 0) is 12.8 Å². The van der Waals surface area contributed by atoms with Crippen molar-refractivity contribution in [2.75, 3.05) is 0 Å². The van der Waals surface area contributed by atoms with Gasteiger partial charge in [0.05, 0.1) is 2.74 Å². The highest BCUT2D eigenvalue weighted by molar-refractivity contribution is 5.29. The molecule has 1 aromatic carbocycles. The van der Waals surface area contributed by atoms with Gasteiger partial charge in [0.15, 0.2) is 0 Å². The van der Waals surface area contributed by atoms with E-state index in [-0.39, 0.29) is 0 Å². The van der Waals surface area contributed by atoms with E-state index in [9.17, 15) is 0 Å². The second kappa shape index (κ2) is 3.56. The van der Waals surface area contributed by atoms with Gasteiger partial charge < -0.3 is 0 Å². The van der Waals surface area contributed by atoms with Crippen LogP contribution in [0.15, 0.2) is 18.2 Å². The number of aryl methyl sites for hydroxylation is 2. The number of hydrogen-bond acceptors (Lipinski definition) is 0. The predicted octanol–water partition coefficient (Wildman–Crippen LogP) is 3.12. The van der Waals surface area contributed by atoms with E-state index in [1.54, 1.807) is 0 Å². The topological polar surface area (TPSA) is 0 Å². The Morgan fingerprint density at radius 1 is 1.18 bits per heavy atom. The highest BCUT2D eigenvalue weighted by atomic mass is 14.0. The van der Waals surface area contributed by atoms with Crippen LogP contribution in [0.1, 0.15) is 33.3 Å². The Balaban J connectivity index is 3.39. The fourth-order valence-electron chi connectivity index (χ4n) is 1.16. The first-order valence-corrected chi connectivity index (χ1v) is 4.20. The Kier molecular flexibility index (Phi) is 1.89. The molecule has 0 unspecified atom stereocenters. The summed E-state index contributed by atoms with van der Waals surface area (Å²) in [6.07, 6.45) is 1.67. The zero-order chi connectivity index (χ0) is 10.0.